The van der Waals surface area contributed by atoms with Crippen LogP contribution < -0.4 is 10.5 Å². The second kappa shape index (κ2) is 6.03. The largest absolute Gasteiger partial charge is 0.441 e. The Kier molecular flexibility index (Phi) is 4.10. The molecule has 0 aliphatic heterocycles. The van der Waals surface area contributed by atoms with E-state index in [0.717, 1.165) is 29.1 Å². The first-order chi connectivity index (χ1) is 10.6. The first-order valence-corrected chi connectivity index (χ1v) is 7.69. The van der Waals surface area contributed by atoms with Crippen LogP contribution in [0.1, 0.15) is 12.5 Å². The van der Waals surface area contributed by atoms with Crippen LogP contribution in [0.2, 0.25) is 5.02 Å². The van der Waals surface area contributed by atoms with Gasteiger partial charge in [-0.05, 0) is 43.7 Å². The Balaban J connectivity index is 2.10. The number of nitrogens with zero attached hydrogens (tertiary/aromatic N) is 1. The van der Waals surface area contributed by atoms with Crippen molar-refractivity contribution in [2.45, 2.75) is 19.4 Å². The SMILES string of the molecule is CC(N)Cc1c(Oc2ccc(Cl)cc2)n(C)c2ccccc12. The fourth-order valence-electron chi connectivity index (χ4n) is 2.71. The van der Waals surface area contributed by atoms with Gasteiger partial charge in [0.2, 0.25) is 5.88 Å². The van der Waals surface area contributed by atoms with Crippen LogP contribution >= 0.6 is 11.6 Å². The van der Waals surface area contributed by atoms with Crippen molar-refractivity contribution in [3.05, 3.63) is 59.1 Å². The van der Waals surface area contributed by atoms with Gasteiger partial charge in [0.15, 0.2) is 0 Å². The van der Waals surface area contributed by atoms with Crippen molar-refractivity contribution >= 4 is 22.5 Å². The van der Waals surface area contributed by atoms with E-state index < -0.39 is 0 Å². The van der Waals surface area contributed by atoms with Crippen LogP contribution in [0.4, 0.5) is 0 Å². The third kappa shape index (κ3) is 2.82. The minimum Gasteiger partial charge on any atom is -0.441 e. The maximum atomic E-state index is 6.13. The quantitative estimate of drug-likeness (QED) is 0.769. The standard InChI is InChI=1S/C18H19ClN2O/c1-12(20)11-16-15-5-3-4-6-17(15)21(2)18(16)22-14-9-7-13(19)8-10-14/h3-10,12H,11,20H2,1-2H3. The molecule has 0 radical (unpaired) electrons. The molecular weight excluding hydrogens is 296 g/mol. The molecule has 2 aromatic carbocycles. The van der Waals surface area contributed by atoms with E-state index in [9.17, 15) is 0 Å². The minimum absolute atomic E-state index is 0.0679. The summed E-state index contributed by atoms with van der Waals surface area (Å²) in [6.07, 6.45) is 0.768. The van der Waals surface area contributed by atoms with E-state index in [1.165, 1.54) is 5.39 Å². The predicted molar refractivity (Wildman–Crippen MR) is 91.8 cm³/mol. The lowest BCUT2D eigenvalue weighted by molar-refractivity contribution is 0.438. The summed E-state index contributed by atoms with van der Waals surface area (Å²) in [6, 6.07) is 15.7. The monoisotopic (exact) mass is 314 g/mol. The second-order valence-electron chi connectivity index (χ2n) is 5.60. The van der Waals surface area contributed by atoms with E-state index >= 15 is 0 Å². The number of aryl methyl sites for hydroxylation is 1. The first-order valence-electron chi connectivity index (χ1n) is 7.31. The van der Waals surface area contributed by atoms with E-state index in [1.54, 1.807) is 0 Å². The van der Waals surface area contributed by atoms with Crippen LogP contribution in [0.25, 0.3) is 10.9 Å². The molecule has 22 heavy (non-hydrogen) atoms. The lowest BCUT2D eigenvalue weighted by Gasteiger charge is -2.11. The summed E-state index contributed by atoms with van der Waals surface area (Å²) in [7, 11) is 2.01. The van der Waals surface area contributed by atoms with Crippen LogP contribution in [0.15, 0.2) is 48.5 Å². The number of fused-ring (bicyclic) bond motifs is 1. The maximum Gasteiger partial charge on any atom is 0.204 e. The molecule has 0 saturated heterocycles. The molecule has 3 rings (SSSR count). The third-order valence-corrected chi connectivity index (χ3v) is 3.96. The molecule has 0 bridgehead atoms. The molecular formula is C18H19ClN2O. The van der Waals surface area contributed by atoms with E-state index in [4.69, 9.17) is 22.1 Å². The lowest BCUT2D eigenvalue weighted by Crippen LogP contribution is -2.18. The van der Waals surface area contributed by atoms with Crippen LogP contribution in [-0.2, 0) is 13.5 Å². The molecule has 2 N–H and O–H groups in total. The molecule has 1 aromatic heterocycles. The van der Waals surface area contributed by atoms with Gasteiger partial charge >= 0.3 is 0 Å². The van der Waals surface area contributed by atoms with Crippen molar-refractivity contribution in [3.8, 4) is 11.6 Å². The molecule has 3 nitrogen and oxygen atoms in total. The summed E-state index contributed by atoms with van der Waals surface area (Å²) < 4.78 is 8.20. The van der Waals surface area contributed by atoms with Gasteiger partial charge in [0.25, 0.3) is 0 Å². The number of hydrogen-bond acceptors (Lipinski definition) is 2. The van der Waals surface area contributed by atoms with E-state index in [2.05, 4.69) is 16.7 Å². The van der Waals surface area contributed by atoms with Gasteiger partial charge in [-0.25, -0.2) is 0 Å². The highest BCUT2D eigenvalue weighted by atomic mass is 35.5. The summed E-state index contributed by atoms with van der Waals surface area (Å²) in [5, 5.41) is 1.88. The number of nitrogens with two attached hydrogens (primary N) is 1. The van der Waals surface area contributed by atoms with Gasteiger partial charge in [0, 0.05) is 29.1 Å². The zero-order valence-electron chi connectivity index (χ0n) is 12.7. The maximum absolute atomic E-state index is 6.13. The number of hydrogen-bond donors (Lipinski definition) is 1. The Bertz CT molecular complexity index is 791. The summed E-state index contributed by atoms with van der Waals surface area (Å²) in [6.45, 7) is 2.01. The molecule has 3 aromatic rings. The molecule has 0 saturated carbocycles. The zero-order chi connectivity index (χ0) is 15.7. The third-order valence-electron chi connectivity index (χ3n) is 3.71. The summed E-state index contributed by atoms with van der Waals surface area (Å²) in [4.78, 5) is 0. The zero-order valence-corrected chi connectivity index (χ0v) is 13.5. The summed E-state index contributed by atoms with van der Waals surface area (Å²) >= 11 is 5.93. The second-order valence-corrected chi connectivity index (χ2v) is 6.03. The number of ether oxygens (including phenoxy) is 1. The highest BCUT2D eigenvalue weighted by Gasteiger charge is 2.17. The van der Waals surface area contributed by atoms with Crippen molar-refractivity contribution in [1.29, 1.82) is 0 Å². The molecule has 0 aliphatic carbocycles. The molecule has 1 atom stereocenters. The molecule has 0 spiro atoms. The van der Waals surface area contributed by atoms with E-state index in [0.29, 0.717) is 5.02 Å². The van der Waals surface area contributed by atoms with Gasteiger partial charge in [-0.3, -0.25) is 0 Å². The van der Waals surface area contributed by atoms with Crippen LogP contribution in [-0.4, -0.2) is 10.6 Å². The van der Waals surface area contributed by atoms with Gasteiger partial charge in [-0.1, -0.05) is 29.8 Å². The Morgan fingerprint density at radius 2 is 1.82 bits per heavy atom. The van der Waals surface area contributed by atoms with Crippen molar-refractivity contribution < 1.29 is 4.74 Å². The molecule has 114 valence electrons. The first kappa shape index (κ1) is 14.9. The Hall–Kier alpha value is -1.97. The fourth-order valence-corrected chi connectivity index (χ4v) is 2.84. The predicted octanol–water partition coefficient (Wildman–Crippen LogP) is 4.51. The minimum atomic E-state index is 0.0679. The topological polar surface area (TPSA) is 40.2 Å². The molecule has 1 heterocycles. The van der Waals surface area contributed by atoms with Crippen molar-refractivity contribution in [2.75, 3.05) is 0 Å². The molecule has 4 heteroatoms. The van der Waals surface area contributed by atoms with Gasteiger partial charge in [-0.15, -0.1) is 0 Å². The average Bonchev–Trinajstić information content (AvgIpc) is 2.75. The van der Waals surface area contributed by atoms with E-state index in [-0.39, 0.29) is 6.04 Å². The number of aromatic nitrogens is 1. The highest BCUT2D eigenvalue weighted by molar-refractivity contribution is 6.30. The smallest absolute Gasteiger partial charge is 0.204 e. The average molecular weight is 315 g/mol. The molecule has 0 aliphatic rings. The van der Waals surface area contributed by atoms with Crippen molar-refractivity contribution in [1.82, 2.24) is 4.57 Å². The summed E-state index contributed by atoms with van der Waals surface area (Å²) in [5.74, 6) is 1.60. The number of rotatable bonds is 4. The fraction of sp³-hybridized carbons (Fsp3) is 0.222. The van der Waals surface area contributed by atoms with Gasteiger partial charge in [0.05, 0.1) is 5.52 Å². The van der Waals surface area contributed by atoms with Gasteiger partial charge < -0.3 is 15.0 Å². The number of para-hydroxylation sites is 1. The lowest BCUT2D eigenvalue weighted by atomic mass is 10.1. The Morgan fingerprint density at radius 3 is 2.50 bits per heavy atom. The Labute approximate surface area is 135 Å². The van der Waals surface area contributed by atoms with Crippen molar-refractivity contribution in [2.24, 2.45) is 12.8 Å². The van der Waals surface area contributed by atoms with Gasteiger partial charge in [-0.2, -0.15) is 0 Å². The number of benzene rings is 2. The van der Waals surface area contributed by atoms with Gasteiger partial charge in [0.1, 0.15) is 5.75 Å². The van der Waals surface area contributed by atoms with Crippen LogP contribution in [0, 0.1) is 0 Å². The molecule has 0 fully saturated rings. The van der Waals surface area contributed by atoms with Crippen LogP contribution in [0.5, 0.6) is 11.6 Å². The summed E-state index contributed by atoms with van der Waals surface area (Å²) in [5.41, 5.74) is 8.31. The molecule has 1 unspecified atom stereocenters. The van der Waals surface area contributed by atoms with Crippen molar-refractivity contribution in [3.63, 3.8) is 0 Å². The Morgan fingerprint density at radius 1 is 1.14 bits per heavy atom. The van der Waals surface area contributed by atoms with Crippen LogP contribution in [0.3, 0.4) is 0 Å². The molecule has 0 amide bonds. The normalized spacial score (nSPS) is 12.5. The number of halogens is 1. The highest BCUT2D eigenvalue weighted by Crippen LogP contribution is 2.35. The van der Waals surface area contributed by atoms with E-state index in [1.807, 2.05) is 50.4 Å².